The molecule has 58 valence electrons. The van der Waals surface area contributed by atoms with Gasteiger partial charge in [0, 0.05) is 11.5 Å². The molecular formula is C7H11ClO2. The average molecular weight is 163 g/mol. The molecule has 0 aliphatic rings. The summed E-state index contributed by atoms with van der Waals surface area (Å²) >= 11 is 5.40. The largest absolute Gasteiger partial charge is 0.466 e. The van der Waals surface area contributed by atoms with Crippen molar-refractivity contribution in [1.82, 2.24) is 0 Å². The molecule has 0 saturated heterocycles. The topological polar surface area (TPSA) is 26.3 Å². The first kappa shape index (κ1) is 9.50. The molecule has 0 amide bonds. The van der Waals surface area contributed by atoms with Crippen LogP contribution in [0.3, 0.4) is 0 Å². The molecule has 0 radical (unpaired) electrons. The zero-order valence-corrected chi connectivity index (χ0v) is 6.94. The molecule has 0 bridgehead atoms. The maximum atomic E-state index is 10.7. The first-order valence-electron chi connectivity index (χ1n) is 3.03. The number of halogens is 1. The van der Waals surface area contributed by atoms with E-state index in [1.165, 1.54) is 7.11 Å². The zero-order valence-electron chi connectivity index (χ0n) is 6.19. The lowest BCUT2D eigenvalue weighted by Gasteiger charge is -1.96. The molecule has 0 fully saturated rings. The van der Waals surface area contributed by atoms with E-state index in [9.17, 15) is 4.79 Å². The maximum Gasteiger partial charge on any atom is 0.333 e. The molecule has 10 heavy (non-hydrogen) atoms. The summed E-state index contributed by atoms with van der Waals surface area (Å²) in [5.74, 6) is 0.249. The standard InChI is InChI=1S/C7H11ClO2/c1-6(4-3-5-8)7(9)10-2/h4H,3,5H2,1-2H3/b6-4+. The van der Waals surface area contributed by atoms with Gasteiger partial charge >= 0.3 is 5.97 Å². The zero-order chi connectivity index (χ0) is 7.98. The molecule has 0 heterocycles. The fraction of sp³-hybridized carbons (Fsp3) is 0.571. The van der Waals surface area contributed by atoms with Crippen molar-refractivity contribution in [3.05, 3.63) is 11.6 Å². The Hall–Kier alpha value is -0.500. The lowest BCUT2D eigenvalue weighted by Crippen LogP contribution is -2.01. The van der Waals surface area contributed by atoms with E-state index in [0.717, 1.165) is 0 Å². The van der Waals surface area contributed by atoms with Crippen molar-refractivity contribution >= 4 is 17.6 Å². The summed E-state index contributed by atoms with van der Waals surface area (Å²) in [5.41, 5.74) is 0.614. The molecule has 0 saturated carbocycles. The van der Waals surface area contributed by atoms with Crippen LogP contribution in [0, 0.1) is 0 Å². The second kappa shape index (κ2) is 5.30. The predicted octanol–water partition coefficient (Wildman–Crippen LogP) is 1.73. The van der Waals surface area contributed by atoms with Crippen LogP contribution in [0.4, 0.5) is 0 Å². The summed E-state index contributed by atoms with van der Waals surface area (Å²) in [6, 6.07) is 0. The summed E-state index contributed by atoms with van der Waals surface area (Å²) in [7, 11) is 1.36. The summed E-state index contributed by atoms with van der Waals surface area (Å²) in [5, 5.41) is 0. The van der Waals surface area contributed by atoms with Gasteiger partial charge in [-0.1, -0.05) is 6.08 Å². The molecule has 0 rings (SSSR count). The number of rotatable bonds is 3. The minimum Gasteiger partial charge on any atom is -0.466 e. The fourth-order valence-electron chi connectivity index (χ4n) is 0.515. The number of hydrogen-bond donors (Lipinski definition) is 0. The van der Waals surface area contributed by atoms with Crippen LogP contribution in [0.1, 0.15) is 13.3 Å². The lowest BCUT2D eigenvalue weighted by molar-refractivity contribution is -0.136. The summed E-state index contributed by atoms with van der Waals surface area (Å²) in [6.07, 6.45) is 2.47. The third kappa shape index (κ3) is 3.51. The second-order valence-electron chi connectivity index (χ2n) is 1.86. The van der Waals surface area contributed by atoms with Gasteiger partial charge in [0.05, 0.1) is 7.11 Å². The van der Waals surface area contributed by atoms with Crippen LogP contribution in [0.15, 0.2) is 11.6 Å². The van der Waals surface area contributed by atoms with Gasteiger partial charge in [0.25, 0.3) is 0 Å². The summed E-state index contributed by atoms with van der Waals surface area (Å²) in [4.78, 5) is 10.7. The molecule has 0 aliphatic carbocycles. The van der Waals surface area contributed by atoms with E-state index < -0.39 is 0 Å². The van der Waals surface area contributed by atoms with Crippen LogP contribution >= 0.6 is 11.6 Å². The number of alkyl halides is 1. The van der Waals surface area contributed by atoms with E-state index in [0.29, 0.717) is 17.9 Å². The molecule has 0 aliphatic heterocycles. The third-order valence-corrected chi connectivity index (χ3v) is 1.29. The average Bonchev–Trinajstić information content (AvgIpc) is 1.98. The van der Waals surface area contributed by atoms with Crippen LogP contribution in [-0.2, 0) is 9.53 Å². The van der Waals surface area contributed by atoms with Crippen molar-refractivity contribution < 1.29 is 9.53 Å². The number of ether oxygens (including phenoxy) is 1. The number of carbonyl (C=O) groups excluding carboxylic acids is 1. The predicted molar refractivity (Wildman–Crippen MR) is 41.1 cm³/mol. The number of allylic oxidation sites excluding steroid dienone is 1. The van der Waals surface area contributed by atoms with Gasteiger partial charge in [-0.3, -0.25) is 0 Å². The van der Waals surface area contributed by atoms with Gasteiger partial charge in [-0.05, 0) is 13.3 Å². The number of carbonyl (C=O) groups is 1. The first-order chi connectivity index (χ1) is 4.72. The van der Waals surface area contributed by atoms with Crippen molar-refractivity contribution in [2.24, 2.45) is 0 Å². The quantitative estimate of drug-likeness (QED) is 0.359. The minimum absolute atomic E-state index is 0.287. The van der Waals surface area contributed by atoms with Crippen LogP contribution < -0.4 is 0 Å². The lowest BCUT2D eigenvalue weighted by atomic mass is 10.2. The highest BCUT2D eigenvalue weighted by Gasteiger charge is 2.00. The number of esters is 1. The van der Waals surface area contributed by atoms with Gasteiger partial charge in [0.1, 0.15) is 0 Å². The highest BCUT2D eigenvalue weighted by molar-refractivity contribution is 6.17. The Balaban J connectivity index is 3.80. The summed E-state index contributed by atoms with van der Waals surface area (Å²) < 4.78 is 4.46. The van der Waals surface area contributed by atoms with Gasteiger partial charge in [-0.25, -0.2) is 4.79 Å². The van der Waals surface area contributed by atoms with E-state index in [1.54, 1.807) is 13.0 Å². The van der Waals surface area contributed by atoms with Crippen molar-refractivity contribution in [2.45, 2.75) is 13.3 Å². The van der Waals surface area contributed by atoms with Gasteiger partial charge in [-0.2, -0.15) is 0 Å². The van der Waals surface area contributed by atoms with Gasteiger partial charge in [0.15, 0.2) is 0 Å². The van der Waals surface area contributed by atoms with E-state index in [1.807, 2.05) is 0 Å². The van der Waals surface area contributed by atoms with Gasteiger partial charge < -0.3 is 4.74 Å². The molecule has 0 atom stereocenters. The Bertz CT molecular complexity index is 141. The molecule has 0 unspecified atom stereocenters. The molecule has 0 spiro atoms. The second-order valence-corrected chi connectivity index (χ2v) is 2.23. The van der Waals surface area contributed by atoms with Crippen LogP contribution in [0.25, 0.3) is 0 Å². The van der Waals surface area contributed by atoms with Crippen molar-refractivity contribution in [1.29, 1.82) is 0 Å². The Morgan fingerprint density at radius 2 is 2.30 bits per heavy atom. The Morgan fingerprint density at radius 1 is 1.70 bits per heavy atom. The van der Waals surface area contributed by atoms with E-state index in [4.69, 9.17) is 11.6 Å². The molecular weight excluding hydrogens is 152 g/mol. The Labute approximate surface area is 65.8 Å². The van der Waals surface area contributed by atoms with Crippen LogP contribution in [0.5, 0.6) is 0 Å². The molecule has 0 aromatic carbocycles. The number of methoxy groups -OCH3 is 1. The van der Waals surface area contributed by atoms with Crippen molar-refractivity contribution in [3.63, 3.8) is 0 Å². The number of hydrogen-bond acceptors (Lipinski definition) is 2. The van der Waals surface area contributed by atoms with Gasteiger partial charge in [-0.15, -0.1) is 11.6 Å². The highest BCUT2D eigenvalue weighted by Crippen LogP contribution is 1.98. The van der Waals surface area contributed by atoms with Crippen molar-refractivity contribution in [3.8, 4) is 0 Å². The van der Waals surface area contributed by atoms with Crippen LogP contribution in [0.2, 0.25) is 0 Å². The fourth-order valence-corrected chi connectivity index (χ4v) is 0.624. The van der Waals surface area contributed by atoms with E-state index in [-0.39, 0.29) is 5.97 Å². The first-order valence-corrected chi connectivity index (χ1v) is 3.57. The molecule has 3 heteroatoms. The third-order valence-electron chi connectivity index (χ3n) is 1.07. The summed E-state index contributed by atoms with van der Waals surface area (Å²) in [6.45, 7) is 1.71. The molecule has 0 aromatic heterocycles. The van der Waals surface area contributed by atoms with E-state index in [2.05, 4.69) is 4.74 Å². The van der Waals surface area contributed by atoms with Crippen molar-refractivity contribution in [2.75, 3.05) is 13.0 Å². The highest BCUT2D eigenvalue weighted by atomic mass is 35.5. The van der Waals surface area contributed by atoms with E-state index >= 15 is 0 Å². The van der Waals surface area contributed by atoms with Crippen LogP contribution in [-0.4, -0.2) is 19.0 Å². The smallest absolute Gasteiger partial charge is 0.333 e. The molecule has 0 aromatic rings. The van der Waals surface area contributed by atoms with Gasteiger partial charge in [0.2, 0.25) is 0 Å². The Morgan fingerprint density at radius 3 is 2.70 bits per heavy atom. The molecule has 0 N–H and O–H groups in total. The minimum atomic E-state index is -0.287. The normalized spacial score (nSPS) is 11.3. The Kier molecular flexibility index (Phi) is 5.03. The monoisotopic (exact) mass is 162 g/mol. The molecule has 2 nitrogen and oxygen atoms in total. The maximum absolute atomic E-state index is 10.7. The SMILES string of the molecule is COC(=O)/C(C)=C/CCCl.